The SMILES string of the molecule is COc1ccc(CN(Cc2ccc(OC)cc2)c2cc(C)c(C(F)(F)F)c(-c3c(Cl)cc4c(N5CC6CCC(C(C)(C)C)(C5)N6C(=O)O)nc(F)nc4c3F)n2)cc1. The zero-order chi connectivity index (χ0) is 41.9. The van der Waals surface area contributed by atoms with Crippen molar-refractivity contribution in [2.45, 2.75) is 71.4 Å². The van der Waals surface area contributed by atoms with Gasteiger partial charge in [0.15, 0.2) is 5.82 Å². The number of halogens is 6. The molecule has 3 aromatic carbocycles. The lowest BCUT2D eigenvalue weighted by atomic mass is 9.71. The molecule has 10 nitrogen and oxygen atoms in total. The monoisotopic (exact) mass is 824 g/mol. The third-order valence-electron chi connectivity index (χ3n) is 11.5. The van der Waals surface area contributed by atoms with Crippen LogP contribution in [0, 0.1) is 24.2 Å². The second kappa shape index (κ2) is 15.1. The molecule has 2 atom stereocenters. The summed E-state index contributed by atoms with van der Waals surface area (Å²) in [6.45, 7) is 7.64. The number of amides is 1. The molecule has 5 aromatic rings. The molecule has 2 aliphatic rings. The molecule has 0 spiro atoms. The quantitative estimate of drug-likeness (QED) is 0.115. The Hall–Kier alpha value is -5.44. The lowest BCUT2D eigenvalue weighted by Gasteiger charge is -2.54. The normalized spacial score (nSPS) is 18.2. The van der Waals surface area contributed by atoms with E-state index in [9.17, 15) is 9.90 Å². The Bertz CT molecular complexity index is 2330. The fraction of sp³-hybridized carbons (Fsp3) is 0.381. The van der Waals surface area contributed by atoms with Gasteiger partial charge in [0.05, 0.1) is 47.6 Å². The lowest BCUT2D eigenvalue weighted by Crippen LogP contribution is -2.68. The number of methoxy groups -OCH3 is 2. The van der Waals surface area contributed by atoms with Gasteiger partial charge in [-0.25, -0.2) is 14.2 Å². The van der Waals surface area contributed by atoms with Crippen molar-refractivity contribution in [3.63, 3.8) is 0 Å². The fourth-order valence-corrected chi connectivity index (χ4v) is 8.81. The van der Waals surface area contributed by atoms with Crippen LogP contribution in [-0.2, 0) is 19.3 Å². The number of pyridine rings is 1. The first-order valence-electron chi connectivity index (χ1n) is 18.6. The van der Waals surface area contributed by atoms with Crippen molar-refractivity contribution >= 4 is 40.2 Å². The Labute approximate surface area is 337 Å². The average molecular weight is 825 g/mol. The number of nitrogens with zero attached hydrogens (tertiary/aromatic N) is 6. The predicted octanol–water partition coefficient (Wildman–Crippen LogP) is 9.92. The van der Waals surface area contributed by atoms with Crippen LogP contribution in [0.5, 0.6) is 11.5 Å². The van der Waals surface area contributed by atoms with Crippen molar-refractivity contribution in [1.82, 2.24) is 19.9 Å². The van der Waals surface area contributed by atoms with Gasteiger partial charge in [-0.1, -0.05) is 56.6 Å². The van der Waals surface area contributed by atoms with Crippen LogP contribution < -0.4 is 19.3 Å². The Morgan fingerprint density at radius 2 is 1.53 bits per heavy atom. The molecule has 4 heterocycles. The van der Waals surface area contributed by atoms with Gasteiger partial charge in [0.25, 0.3) is 0 Å². The highest BCUT2D eigenvalue weighted by molar-refractivity contribution is 6.34. The second-order valence-electron chi connectivity index (χ2n) is 15.8. The highest BCUT2D eigenvalue weighted by Crippen LogP contribution is 2.51. The number of aromatic nitrogens is 3. The van der Waals surface area contributed by atoms with Gasteiger partial charge in [-0.05, 0) is 78.3 Å². The van der Waals surface area contributed by atoms with E-state index >= 15 is 22.0 Å². The van der Waals surface area contributed by atoms with Crippen LogP contribution in [0.2, 0.25) is 5.02 Å². The van der Waals surface area contributed by atoms with Gasteiger partial charge >= 0.3 is 18.3 Å². The number of carbonyl (C=O) groups is 1. The molecule has 2 bridgehead atoms. The Morgan fingerprint density at radius 3 is 2.05 bits per heavy atom. The predicted molar refractivity (Wildman–Crippen MR) is 211 cm³/mol. The maximum Gasteiger partial charge on any atom is 0.418 e. The molecule has 1 amide bonds. The van der Waals surface area contributed by atoms with Gasteiger partial charge in [-0.3, -0.25) is 4.90 Å². The molecule has 16 heteroatoms. The zero-order valence-electron chi connectivity index (χ0n) is 32.7. The first-order chi connectivity index (χ1) is 27.3. The highest BCUT2D eigenvalue weighted by Gasteiger charge is 2.59. The maximum absolute atomic E-state index is 17.1. The minimum atomic E-state index is -5.00. The van der Waals surface area contributed by atoms with Gasteiger partial charge in [-0.15, -0.1) is 0 Å². The number of alkyl halides is 3. The number of fused-ring (bicyclic) bond motifs is 3. The number of piperazine rings is 1. The van der Waals surface area contributed by atoms with Gasteiger partial charge in [0.2, 0.25) is 0 Å². The van der Waals surface area contributed by atoms with E-state index in [1.54, 1.807) is 34.1 Å². The van der Waals surface area contributed by atoms with Crippen LogP contribution in [-0.4, -0.2) is 69.9 Å². The second-order valence-corrected chi connectivity index (χ2v) is 16.2. The topological polar surface area (TPSA) is 104 Å². The summed E-state index contributed by atoms with van der Waals surface area (Å²) in [5.74, 6) is -0.0283. The van der Waals surface area contributed by atoms with E-state index in [1.807, 2.05) is 45.0 Å². The molecule has 2 aromatic heterocycles. The van der Waals surface area contributed by atoms with Gasteiger partial charge in [0.1, 0.15) is 28.7 Å². The molecule has 0 aliphatic carbocycles. The molecule has 1 N–H and O–H groups in total. The molecule has 2 saturated heterocycles. The summed E-state index contributed by atoms with van der Waals surface area (Å²) >= 11 is 6.81. The Morgan fingerprint density at radius 1 is 0.948 bits per heavy atom. The van der Waals surface area contributed by atoms with Crippen molar-refractivity contribution in [3.8, 4) is 22.8 Å². The Kier molecular flexibility index (Phi) is 10.6. The summed E-state index contributed by atoms with van der Waals surface area (Å²) in [7, 11) is 3.07. The molecule has 2 aliphatic heterocycles. The van der Waals surface area contributed by atoms with Gasteiger partial charge in [0, 0.05) is 31.6 Å². The summed E-state index contributed by atoms with van der Waals surface area (Å²) in [6, 6.07) is 16.4. The number of carboxylic acid groups (broad SMARTS) is 1. The molecular weight excluding hydrogens is 783 g/mol. The van der Waals surface area contributed by atoms with Crippen molar-refractivity contribution in [2.24, 2.45) is 5.41 Å². The molecule has 0 saturated carbocycles. The minimum absolute atomic E-state index is 0.0399. The van der Waals surface area contributed by atoms with Crippen molar-refractivity contribution < 1.29 is 41.3 Å². The number of rotatable bonds is 9. The molecule has 0 radical (unpaired) electrons. The first kappa shape index (κ1) is 40.7. The molecular formula is C42H42ClF5N6O4. The largest absolute Gasteiger partial charge is 0.497 e. The number of ether oxygens (including phenoxy) is 2. The summed E-state index contributed by atoms with van der Waals surface area (Å²) in [5.41, 5.74) is -3.43. The smallest absolute Gasteiger partial charge is 0.418 e. The lowest BCUT2D eigenvalue weighted by molar-refractivity contribution is -0.137. The number of aryl methyl sites for hydroxylation is 1. The van der Waals surface area contributed by atoms with Crippen molar-refractivity contribution in [1.29, 1.82) is 0 Å². The summed E-state index contributed by atoms with van der Waals surface area (Å²) in [5, 5.41) is 9.76. The van der Waals surface area contributed by atoms with Crippen molar-refractivity contribution in [2.75, 3.05) is 37.1 Å². The van der Waals surface area contributed by atoms with Crippen molar-refractivity contribution in [3.05, 3.63) is 99.8 Å². The molecule has 2 fully saturated rings. The highest BCUT2D eigenvalue weighted by atomic mass is 35.5. The van der Waals surface area contributed by atoms with Crippen LogP contribution in [0.4, 0.5) is 38.4 Å². The third kappa shape index (κ3) is 7.29. The number of anilines is 2. The van der Waals surface area contributed by atoms with Crippen LogP contribution >= 0.6 is 11.6 Å². The van der Waals surface area contributed by atoms with Crippen LogP contribution in [0.25, 0.3) is 22.2 Å². The average Bonchev–Trinajstić information content (AvgIpc) is 3.42. The maximum atomic E-state index is 17.1. The number of hydrogen-bond donors (Lipinski definition) is 1. The molecule has 306 valence electrons. The minimum Gasteiger partial charge on any atom is -0.497 e. The van der Waals surface area contributed by atoms with E-state index in [4.69, 9.17) is 21.1 Å². The molecule has 2 unspecified atom stereocenters. The number of benzene rings is 3. The fourth-order valence-electron chi connectivity index (χ4n) is 8.53. The van der Waals surface area contributed by atoms with Gasteiger partial charge < -0.3 is 24.4 Å². The van der Waals surface area contributed by atoms with E-state index in [2.05, 4.69) is 15.0 Å². The van der Waals surface area contributed by atoms with E-state index < -0.39 is 68.5 Å². The van der Waals surface area contributed by atoms with E-state index in [1.165, 1.54) is 38.2 Å². The van der Waals surface area contributed by atoms with E-state index in [0.29, 0.717) is 24.3 Å². The van der Waals surface area contributed by atoms with Crippen LogP contribution in [0.15, 0.2) is 60.7 Å². The molecule has 7 rings (SSSR count). The van der Waals surface area contributed by atoms with E-state index in [-0.39, 0.29) is 48.8 Å². The zero-order valence-corrected chi connectivity index (χ0v) is 33.5. The number of hydrogen-bond acceptors (Lipinski definition) is 8. The first-order valence-corrected chi connectivity index (χ1v) is 19.0. The standard InChI is InChI=1S/C42H42ClF5N6O4/c1-23-17-31(52(19-24-7-11-27(57-5)12-8-24)20-25-9-13-28(58-6)14-10-25)49-36(33(23)42(46,47)48)32-30(43)18-29-35(34(32)44)50-38(45)51-37(29)53-21-26-15-16-41(22-53,40(2,3)4)54(26)39(55)56/h7-14,17-18,26H,15-16,19-22H2,1-6H3,(H,55,56). The van der Waals surface area contributed by atoms with Crippen LogP contribution in [0.3, 0.4) is 0 Å². The van der Waals surface area contributed by atoms with E-state index in [0.717, 1.165) is 11.1 Å². The Balaban J connectivity index is 1.38. The van der Waals surface area contributed by atoms with Crippen LogP contribution in [0.1, 0.15) is 55.9 Å². The molecule has 58 heavy (non-hydrogen) atoms. The summed E-state index contributed by atoms with van der Waals surface area (Å²) < 4.78 is 88.3. The summed E-state index contributed by atoms with van der Waals surface area (Å²) in [4.78, 5) is 29.7. The third-order valence-corrected chi connectivity index (χ3v) is 11.7. The van der Waals surface area contributed by atoms with Gasteiger partial charge in [-0.2, -0.15) is 27.5 Å². The summed E-state index contributed by atoms with van der Waals surface area (Å²) in [6.07, 6.45) is -6.32.